The fraction of sp³-hybridized carbons (Fsp3) is 0.350. The zero-order chi connectivity index (χ0) is 19.7. The van der Waals surface area contributed by atoms with Crippen LogP contribution in [0.25, 0.3) is 5.70 Å². The zero-order valence-electron chi connectivity index (χ0n) is 16.1. The summed E-state index contributed by atoms with van der Waals surface area (Å²) in [6.07, 6.45) is 2.51. The first-order chi connectivity index (χ1) is 13.6. The molecule has 0 saturated carbocycles. The van der Waals surface area contributed by atoms with Gasteiger partial charge >= 0.3 is 0 Å². The van der Waals surface area contributed by atoms with Gasteiger partial charge in [-0.25, -0.2) is 9.97 Å². The number of anilines is 3. The molecule has 0 spiro atoms. The molecule has 2 aliphatic rings. The van der Waals surface area contributed by atoms with Gasteiger partial charge in [-0.05, 0) is 44.5 Å². The maximum absolute atomic E-state index is 12.4. The van der Waals surface area contributed by atoms with E-state index in [0.29, 0.717) is 17.9 Å². The molecular weight excluding hydrogens is 354 g/mol. The molecule has 5 N–H and O–H groups in total. The number of carbonyl (C=O) groups excluding carboxylic acids is 1. The summed E-state index contributed by atoms with van der Waals surface area (Å²) >= 11 is 0. The second-order valence-electron chi connectivity index (χ2n) is 7.05. The summed E-state index contributed by atoms with van der Waals surface area (Å²) in [6.45, 7) is 6.29. The molecule has 1 fully saturated rings. The number of nitrogens with zero attached hydrogens (tertiary/aromatic N) is 3. The summed E-state index contributed by atoms with van der Waals surface area (Å²) in [5.41, 5.74) is 10.6. The Morgan fingerprint density at radius 2 is 2.21 bits per heavy atom. The second kappa shape index (κ2) is 7.47. The zero-order valence-corrected chi connectivity index (χ0v) is 16.1. The highest BCUT2D eigenvalue weighted by Gasteiger charge is 2.27. The van der Waals surface area contributed by atoms with Crippen LogP contribution in [0.2, 0.25) is 0 Å². The topological polar surface area (TPSA) is 108 Å². The molecule has 0 bridgehead atoms. The Bertz CT molecular complexity index is 934. The van der Waals surface area contributed by atoms with Crippen molar-refractivity contribution in [2.24, 2.45) is 11.7 Å². The number of benzene rings is 1. The van der Waals surface area contributed by atoms with Gasteiger partial charge in [0.1, 0.15) is 5.82 Å². The molecule has 146 valence electrons. The van der Waals surface area contributed by atoms with Crippen molar-refractivity contribution in [3.05, 3.63) is 47.5 Å². The first-order valence-electron chi connectivity index (χ1n) is 9.57. The van der Waals surface area contributed by atoms with Gasteiger partial charge in [0.05, 0.1) is 28.7 Å². The average Bonchev–Trinajstić information content (AvgIpc) is 3.36. The summed E-state index contributed by atoms with van der Waals surface area (Å²) in [5, 5.41) is 9.41. The number of amides is 1. The van der Waals surface area contributed by atoms with Crippen molar-refractivity contribution in [2.75, 3.05) is 35.2 Å². The quantitative estimate of drug-likeness (QED) is 0.642. The van der Waals surface area contributed by atoms with Crippen LogP contribution in [0.4, 0.5) is 17.3 Å². The molecule has 0 radical (unpaired) electrons. The molecule has 1 amide bonds. The Labute approximate surface area is 164 Å². The van der Waals surface area contributed by atoms with E-state index in [-0.39, 0.29) is 17.8 Å². The predicted octanol–water partition coefficient (Wildman–Crippen LogP) is 1.87. The summed E-state index contributed by atoms with van der Waals surface area (Å²) in [5.74, 6) is 0.959. The molecule has 8 nitrogen and oxygen atoms in total. The van der Waals surface area contributed by atoms with Crippen molar-refractivity contribution in [2.45, 2.75) is 20.3 Å². The molecule has 3 heterocycles. The molecule has 1 saturated heterocycles. The molecule has 8 heteroatoms. The van der Waals surface area contributed by atoms with Gasteiger partial charge in [-0.2, -0.15) is 0 Å². The van der Waals surface area contributed by atoms with E-state index in [9.17, 15) is 4.79 Å². The Kier molecular flexibility index (Phi) is 4.87. The van der Waals surface area contributed by atoms with E-state index in [1.165, 1.54) is 0 Å². The molecule has 0 aliphatic carbocycles. The van der Waals surface area contributed by atoms with Gasteiger partial charge in [-0.15, -0.1) is 0 Å². The standard InChI is InChI=1S/C20H25N7O/c1-3-27-15-7-5-4-6-14(15)24-18(27)16(21)17-12(2)10-23-20(25-17)26-19(28)13-8-9-22-11-13/h4-7,10,13,22,24H,3,8-9,11,21H2,1-2H3,(H,23,25,26,28)/b18-16-. The number of aryl methyl sites for hydroxylation is 1. The highest BCUT2D eigenvalue weighted by molar-refractivity contribution is 5.92. The first-order valence-corrected chi connectivity index (χ1v) is 9.57. The lowest BCUT2D eigenvalue weighted by molar-refractivity contribution is -0.119. The third-order valence-corrected chi connectivity index (χ3v) is 5.18. The fourth-order valence-electron chi connectivity index (χ4n) is 3.65. The van der Waals surface area contributed by atoms with Crippen LogP contribution in [0.1, 0.15) is 24.6 Å². The van der Waals surface area contributed by atoms with Crippen LogP contribution in [0.5, 0.6) is 0 Å². The third-order valence-electron chi connectivity index (χ3n) is 5.18. The van der Waals surface area contributed by atoms with Crippen LogP contribution in [0.3, 0.4) is 0 Å². The normalized spacial score (nSPS) is 19.9. The van der Waals surface area contributed by atoms with Gasteiger partial charge in [0.15, 0.2) is 0 Å². The Hall–Kier alpha value is -3.13. The van der Waals surface area contributed by atoms with E-state index in [4.69, 9.17) is 5.73 Å². The Morgan fingerprint density at radius 3 is 2.96 bits per heavy atom. The van der Waals surface area contributed by atoms with Gasteiger partial charge in [-0.1, -0.05) is 12.1 Å². The maximum Gasteiger partial charge on any atom is 0.231 e. The van der Waals surface area contributed by atoms with Gasteiger partial charge in [0.25, 0.3) is 0 Å². The number of hydrogen-bond acceptors (Lipinski definition) is 7. The fourth-order valence-corrected chi connectivity index (χ4v) is 3.65. The van der Waals surface area contributed by atoms with Crippen molar-refractivity contribution >= 4 is 28.9 Å². The highest BCUT2D eigenvalue weighted by Crippen LogP contribution is 2.37. The number of fused-ring (bicyclic) bond motifs is 1. The first kappa shape index (κ1) is 18.2. The summed E-state index contributed by atoms with van der Waals surface area (Å²) in [6, 6.07) is 8.07. The molecule has 1 aromatic heterocycles. The number of hydrogen-bond donors (Lipinski definition) is 4. The monoisotopic (exact) mass is 379 g/mol. The SMILES string of the molecule is CCN1/C(=C(\N)c2nc(NC(=O)C3CCNC3)ncc2C)Nc2ccccc21. The molecular formula is C20H25N7O. The van der Waals surface area contributed by atoms with E-state index in [1.807, 2.05) is 25.1 Å². The lowest BCUT2D eigenvalue weighted by atomic mass is 10.1. The van der Waals surface area contributed by atoms with Gasteiger partial charge in [0, 0.05) is 19.3 Å². The van der Waals surface area contributed by atoms with Crippen molar-refractivity contribution in [3.8, 4) is 0 Å². The van der Waals surface area contributed by atoms with Crippen LogP contribution in [0, 0.1) is 12.8 Å². The molecule has 1 unspecified atom stereocenters. The molecule has 4 rings (SSSR count). The molecule has 1 aromatic carbocycles. The number of rotatable bonds is 4. The Balaban J connectivity index is 1.65. The third kappa shape index (κ3) is 3.27. The lowest BCUT2D eigenvalue weighted by Gasteiger charge is -2.20. The van der Waals surface area contributed by atoms with Crippen molar-refractivity contribution in [1.82, 2.24) is 15.3 Å². The number of para-hydroxylation sites is 2. The minimum atomic E-state index is -0.0624. The minimum Gasteiger partial charge on any atom is -0.394 e. The second-order valence-corrected chi connectivity index (χ2v) is 7.05. The van der Waals surface area contributed by atoms with E-state index < -0.39 is 0 Å². The lowest BCUT2D eigenvalue weighted by Crippen LogP contribution is -2.26. The van der Waals surface area contributed by atoms with Gasteiger partial charge in [0.2, 0.25) is 11.9 Å². The van der Waals surface area contributed by atoms with Crippen LogP contribution in [-0.2, 0) is 4.79 Å². The average molecular weight is 379 g/mol. The predicted molar refractivity (Wildman–Crippen MR) is 111 cm³/mol. The van der Waals surface area contributed by atoms with Crippen molar-refractivity contribution in [1.29, 1.82) is 0 Å². The van der Waals surface area contributed by atoms with E-state index in [0.717, 1.165) is 42.3 Å². The van der Waals surface area contributed by atoms with Crippen molar-refractivity contribution < 1.29 is 4.79 Å². The molecule has 2 aromatic rings. The van der Waals surface area contributed by atoms with Crippen LogP contribution in [-0.4, -0.2) is 35.5 Å². The van der Waals surface area contributed by atoms with Crippen LogP contribution >= 0.6 is 0 Å². The van der Waals surface area contributed by atoms with E-state index >= 15 is 0 Å². The maximum atomic E-state index is 12.4. The summed E-state index contributed by atoms with van der Waals surface area (Å²) in [7, 11) is 0. The summed E-state index contributed by atoms with van der Waals surface area (Å²) in [4.78, 5) is 23.3. The molecule has 1 atom stereocenters. The van der Waals surface area contributed by atoms with Gasteiger partial charge in [-0.3, -0.25) is 10.1 Å². The van der Waals surface area contributed by atoms with Crippen LogP contribution < -0.4 is 26.6 Å². The number of carbonyl (C=O) groups is 1. The van der Waals surface area contributed by atoms with Gasteiger partial charge < -0.3 is 21.3 Å². The summed E-state index contributed by atoms with van der Waals surface area (Å²) < 4.78 is 0. The van der Waals surface area contributed by atoms with Crippen molar-refractivity contribution in [3.63, 3.8) is 0 Å². The molecule has 2 aliphatic heterocycles. The number of aromatic nitrogens is 2. The van der Waals surface area contributed by atoms with E-state index in [2.05, 4.69) is 43.8 Å². The minimum absolute atomic E-state index is 0.0503. The van der Waals surface area contributed by atoms with Crippen LogP contribution in [0.15, 0.2) is 36.3 Å². The smallest absolute Gasteiger partial charge is 0.231 e. The van der Waals surface area contributed by atoms with E-state index in [1.54, 1.807) is 6.20 Å². The Morgan fingerprint density at radius 1 is 1.39 bits per heavy atom. The number of nitrogens with one attached hydrogen (secondary N) is 3. The largest absolute Gasteiger partial charge is 0.394 e. The number of nitrogens with two attached hydrogens (primary N) is 1. The highest BCUT2D eigenvalue weighted by atomic mass is 16.2. The molecule has 28 heavy (non-hydrogen) atoms.